The van der Waals surface area contributed by atoms with Crippen LogP contribution in [0.25, 0.3) is 0 Å². The van der Waals surface area contributed by atoms with Crippen LogP contribution in [0.4, 0.5) is 0 Å². The summed E-state index contributed by atoms with van der Waals surface area (Å²) in [6, 6.07) is 1.59. The first-order valence-electron chi connectivity index (χ1n) is 9.84. The molecular weight excluding hydrogens is 256 g/mol. The summed E-state index contributed by atoms with van der Waals surface area (Å²) >= 11 is 0. The van der Waals surface area contributed by atoms with Crippen LogP contribution in [0.1, 0.15) is 77.6 Å². The van der Waals surface area contributed by atoms with E-state index in [1.54, 1.807) is 0 Å². The van der Waals surface area contributed by atoms with Gasteiger partial charge in [-0.25, -0.2) is 0 Å². The van der Waals surface area contributed by atoms with Crippen LogP contribution < -0.4 is 5.32 Å². The van der Waals surface area contributed by atoms with Crippen molar-refractivity contribution in [3.63, 3.8) is 0 Å². The summed E-state index contributed by atoms with van der Waals surface area (Å²) in [5, 5.41) is 3.92. The van der Waals surface area contributed by atoms with Crippen LogP contribution in [0.3, 0.4) is 0 Å². The highest BCUT2D eigenvalue weighted by atomic mass is 15.2. The summed E-state index contributed by atoms with van der Waals surface area (Å²) in [4.78, 5) is 2.88. The van der Waals surface area contributed by atoms with Crippen molar-refractivity contribution < 1.29 is 0 Å². The Balaban J connectivity index is 1.55. The summed E-state index contributed by atoms with van der Waals surface area (Å²) in [6.07, 6.45) is 16.1. The standard InChI is InChI=1S/C19H36N2/c1-2-18-13-20-19(17-11-7-4-8-12-17)15-21(18)14-16-9-5-3-6-10-16/h16-20H,2-15H2,1H3. The first-order chi connectivity index (χ1) is 10.4. The number of nitrogens with zero attached hydrogens (tertiary/aromatic N) is 1. The molecule has 0 spiro atoms. The summed E-state index contributed by atoms with van der Waals surface area (Å²) in [5.41, 5.74) is 0. The summed E-state index contributed by atoms with van der Waals surface area (Å²) in [7, 11) is 0. The van der Waals surface area contributed by atoms with E-state index in [1.807, 2.05) is 0 Å². The fourth-order valence-corrected chi connectivity index (χ4v) is 5.06. The van der Waals surface area contributed by atoms with E-state index < -0.39 is 0 Å². The van der Waals surface area contributed by atoms with Crippen molar-refractivity contribution in [3.05, 3.63) is 0 Å². The molecule has 0 bridgehead atoms. The van der Waals surface area contributed by atoms with Crippen LogP contribution in [-0.4, -0.2) is 36.6 Å². The maximum absolute atomic E-state index is 3.92. The predicted molar refractivity (Wildman–Crippen MR) is 90.6 cm³/mol. The molecule has 0 amide bonds. The van der Waals surface area contributed by atoms with Crippen molar-refractivity contribution >= 4 is 0 Å². The quantitative estimate of drug-likeness (QED) is 0.835. The van der Waals surface area contributed by atoms with Gasteiger partial charge in [0.05, 0.1) is 0 Å². The van der Waals surface area contributed by atoms with Crippen molar-refractivity contribution in [1.82, 2.24) is 10.2 Å². The molecule has 0 radical (unpaired) electrons. The lowest BCUT2D eigenvalue weighted by Gasteiger charge is -2.45. The Labute approximate surface area is 132 Å². The van der Waals surface area contributed by atoms with Crippen LogP contribution in [0.5, 0.6) is 0 Å². The van der Waals surface area contributed by atoms with Gasteiger partial charge in [-0.3, -0.25) is 4.90 Å². The van der Waals surface area contributed by atoms with Gasteiger partial charge in [0.1, 0.15) is 0 Å². The molecule has 2 nitrogen and oxygen atoms in total. The molecule has 21 heavy (non-hydrogen) atoms. The molecule has 1 heterocycles. The van der Waals surface area contributed by atoms with Crippen molar-refractivity contribution in [2.45, 2.75) is 89.6 Å². The van der Waals surface area contributed by atoms with Crippen molar-refractivity contribution in [2.75, 3.05) is 19.6 Å². The number of hydrogen-bond acceptors (Lipinski definition) is 2. The zero-order valence-electron chi connectivity index (χ0n) is 14.2. The molecule has 2 unspecified atom stereocenters. The number of piperazine rings is 1. The topological polar surface area (TPSA) is 15.3 Å². The second kappa shape index (κ2) is 7.97. The molecule has 1 aliphatic heterocycles. The van der Waals surface area contributed by atoms with Gasteiger partial charge in [0.25, 0.3) is 0 Å². The first-order valence-corrected chi connectivity index (χ1v) is 9.84. The van der Waals surface area contributed by atoms with Gasteiger partial charge in [0.15, 0.2) is 0 Å². The van der Waals surface area contributed by atoms with Crippen LogP contribution in [0.2, 0.25) is 0 Å². The number of hydrogen-bond donors (Lipinski definition) is 1. The lowest BCUT2D eigenvalue weighted by molar-refractivity contribution is 0.0724. The van der Waals surface area contributed by atoms with Gasteiger partial charge in [-0.2, -0.15) is 0 Å². The molecule has 0 aromatic carbocycles. The fraction of sp³-hybridized carbons (Fsp3) is 1.00. The Morgan fingerprint density at radius 2 is 1.57 bits per heavy atom. The molecular formula is C19H36N2. The lowest BCUT2D eigenvalue weighted by atomic mass is 9.82. The summed E-state index contributed by atoms with van der Waals surface area (Å²) in [6.45, 7) is 6.34. The fourth-order valence-electron chi connectivity index (χ4n) is 5.06. The molecule has 3 rings (SSSR count). The molecule has 0 aromatic heterocycles. The smallest absolute Gasteiger partial charge is 0.0224 e. The van der Waals surface area contributed by atoms with E-state index in [0.717, 1.165) is 23.9 Å². The van der Waals surface area contributed by atoms with Crippen LogP contribution in [-0.2, 0) is 0 Å². The van der Waals surface area contributed by atoms with E-state index in [1.165, 1.54) is 90.3 Å². The predicted octanol–water partition coefficient (Wildman–Crippen LogP) is 4.20. The third-order valence-electron chi connectivity index (χ3n) is 6.47. The molecule has 2 atom stereocenters. The van der Waals surface area contributed by atoms with E-state index >= 15 is 0 Å². The van der Waals surface area contributed by atoms with Gasteiger partial charge < -0.3 is 5.32 Å². The highest BCUT2D eigenvalue weighted by Gasteiger charge is 2.33. The van der Waals surface area contributed by atoms with E-state index in [9.17, 15) is 0 Å². The SMILES string of the molecule is CCC1CNC(C2CCCCC2)CN1CC1CCCCC1. The highest BCUT2D eigenvalue weighted by molar-refractivity contribution is 4.91. The van der Waals surface area contributed by atoms with Crippen molar-refractivity contribution in [3.8, 4) is 0 Å². The zero-order chi connectivity index (χ0) is 14.5. The second-order valence-corrected chi connectivity index (χ2v) is 7.93. The molecule has 0 aromatic rings. The maximum atomic E-state index is 3.92. The van der Waals surface area contributed by atoms with Crippen molar-refractivity contribution in [1.29, 1.82) is 0 Å². The Bertz CT molecular complexity index is 292. The van der Waals surface area contributed by atoms with Gasteiger partial charge in [0, 0.05) is 31.7 Å². The second-order valence-electron chi connectivity index (χ2n) is 7.93. The highest BCUT2D eigenvalue weighted by Crippen LogP contribution is 2.30. The molecule has 3 fully saturated rings. The molecule has 1 N–H and O–H groups in total. The lowest BCUT2D eigenvalue weighted by Crippen LogP contribution is -2.59. The molecule has 1 saturated heterocycles. The minimum Gasteiger partial charge on any atom is -0.311 e. The van der Waals surface area contributed by atoms with Gasteiger partial charge in [-0.1, -0.05) is 45.4 Å². The Hall–Kier alpha value is -0.0800. The van der Waals surface area contributed by atoms with Gasteiger partial charge in [-0.05, 0) is 43.9 Å². The van der Waals surface area contributed by atoms with E-state index in [4.69, 9.17) is 0 Å². The van der Waals surface area contributed by atoms with Crippen LogP contribution in [0, 0.1) is 11.8 Å². The van der Waals surface area contributed by atoms with E-state index in [0.29, 0.717) is 0 Å². The Morgan fingerprint density at radius 3 is 2.24 bits per heavy atom. The van der Waals surface area contributed by atoms with Crippen molar-refractivity contribution in [2.24, 2.45) is 11.8 Å². The number of rotatable bonds is 4. The molecule has 3 aliphatic rings. The average molecular weight is 293 g/mol. The van der Waals surface area contributed by atoms with Crippen LogP contribution >= 0.6 is 0 Å². The third-order valence-corrected chi connectivity index (χ3v) is 6.47. The summed E-state index contributed by atoms with van der Waals surface area (Å²) < 4.78 is 0. The van der Waals surface area contributed by atoms with Gasteiger partial charge >= 0.3 is 0 Å². The van der Waals surface area contributed by atoms with E-state index in [2.05, 4.69) is 17.1 Å². The average Bonchev–Trinajstić information content (AvgIpc) is 2.56. The maximum Gasteiger partial charge on any atom is 0.0224 e. The van der Waals surface area contributed by atoms with Gasteiger partial charge in [0.2, 0.25) is 0 Å². The monoisotopic (exact) mass is 292 g/mol. The zero-order valence-corrected chi connectivity index (χ0v) is 14.2. The largest absolute Gasteiger partial charge is 0.311 e. The Morgan fingerprint density at radius 1 is 0.905 bits per heavy atom. The molecule has 122 valence electrons. The first kappa shape index (κ1) is 15.8. The molecule has 2 saturated carbocycles. The Kier molecular flexibility index (Phi) is 5.99. The molecule has 2 aliphatic carbocycles. The van der Waals surface area contributed by atoms with Crippen LogP contribution in [0.15, 0.2) is 0 Å². The van der Waals surface area contributed by atoms with Gasteiger partial charge in [-0.15, -0.1) is 0 Å². The normalized spacial score (nSPS) is 34.1. The van der Waals surface area contributed by atoms with E-state index in [-0.39, 0.29) is 0 Å². The third kappa shape index (κ3) is 4.22. The summed E-state index contributed by atoms with van der Waals surface area (Å²) in [5.74, 6) is 1.96. The number of nitrogens with one attached hydrogen (secondary N) is 1. The minimum atomic E-state index is 0.789. The minimum absolute atomic E-state index is 0.789. The molecule has 2 heteroatoms.